The van der Waals surface area contributed by atoms with Gasteiger partial charge in [-0.05, 0) is 50.8 Å². The fraction of sp³-hybridized carbons (Fsp3) is 0.367. The Balaban J connectivity index is 1.87. The van der Waals surface area contributed by atoms with Crippen LogP contribution in [0.5, 0.6) is 11.5 Å². The average molecular weight is 533 g/mol. The van der Waals surface area contributed by atoms with Gasteiger partial charge in [0.2, 0.25) is 5.43 Å². The number of carbonyl (C=O) groups excluding carboxylic acids is 2. The van der Waals surface area contributed by atoms with E-state index < -0.39 is 29.7 Å². The molecule has 0 saturated carbocycles. The number of ether oxygens (including phenoxy) is 4. The quantitative estimate of drug-likeness (QED) is 0.280. The average Bonchev–Trinajstić information content (AvgIpc) is 2.86. The van der Waals surface area contributed by atoms with Crippen molar-refractivity contribution >= 4 is 44.5 Å². The van der Waals surface area contributed by atoms with Crippen molar-refractivity contribution in [3.8, 4) is 11.5 Å². The van der Waals surface area contributed by atoms with Crippen molar-refractivity contribution in [3.63, 3.8) is 0 Å². The molecule has 2 heterocycles. The van der Waals surface area contributed by atoms with Crippen LogP contribution >= 0.6 is 0 Å². The monoisotopic (exact) mass is 532 g/mol. The molecule has 204 valence electrons. The molecule has 3 aromatic carbocycles. The zero-order chi connectivity index (χ0) is 28.2. The van der Waals surface area contributed by atoms with E-state index in [1.54, 1.807) is 38.9 Å². The standard InChI is InChI=1S/C30H32N2O7/c1-16(33)37-28-25-22(39-30(2,3)29(28)38-23(34)15-31(4)5)14-21(36-7)24-26(25)32(6)20-13-18-11-9-8-10-17(18)12-19(20)27(24)35/h8-14,28-29H,15H2,1-7H3/t28-,29-/m1/s1. The van der Waals surface area contributed by atoms with Crippen LogP contribution in [0.2, 0.25) is 0 Å². The van der Waals surface area contributed by atoms with Gasteiger partial charge in [0, 0.05) is 25.4 Å². The van der Waals surface area contributed by atoms with Gasteiger partial charge < -0.3 is 23.5 Å². The van der Waals surface area contributed by atoms with Crippen LogP contribution in [0, 0.1) is 0 Å². The van der Waals surface area contributed by atoms with E-state index in [0.717, 1.165) is 10.8 Å². The molecule has 1 aliphatic rings. The van der Waals surface area contributed by atoms with Gasteiger partial charge in [-0.1, -0.05) is 24.3 Å². The zero-order valence-electron chi connectivity index (χ0n) is 23.2. The van der Waals surface area contributed by atoms with E-state index in [0.29, 0.717) is 38.9 Å². The van der Waals surface area contributed by atoms with Crippen molar-refractivity contribution < 1.29 is 28.5 Å². The largest absolute Gasteiger partial charge is 0.496 e. The first kappa shape index (κ1) is 26.5. The minimum absolute atomic E-state index is 0.0335. The summed E-state index contributed by atoms with van der Waals surface area (Å²) in [6.45, 7) is 4.86. The van der Waals surface area contributed by atoms with Gasteiger partial charge in [-0.15, -0.1) is 0 Å². The second-order valence-electron chi connectivity index (χ2n) is 10.7. The second kappa shape index (κ2) is 9.57. The van der Waals surface area contributed by atoms with Crippen molar-refractivity contribution in [2.75, 3.05) is 27.7 Å². The molecule has 0 bridgehead atoms. The van der Waals surface area contributed by atoms with Crippen molar-refractivity contribution in [2.45, 2.75) is 38.6 Å². The zero-order valence-corrected chi connectivity index (χ0v) is 23.2. The Morgan fingerprint density at radius 3 is 2.36 bits per heavy atom. The highest BCUT2D eigenvalue weighted by atomic mass is 16.6. The Bertz CT molecular complexity index is 1700. The van der Waals surface area contributed by atoms with Gasteiger partial charge in [-0.3, -0.25) is 19.3 Å². The van der Waals surface area contributed by atoms with Crippen LogP contribution in [0.1, 0.15) is 32.4 Å². The molecule has 0 N–H and O–H groups in total. The molecule has 4 aromatic rings. The van der Waals surface area contributed by atoms with E-state index in [4.69, 9.17) is 18.9 Å². The van der Waals surface area contributed by atoms with E-state index in [2.05, 4.69) is 0 Å². The summed E-state index contributed by atoms with van der Waals surface area (Å²) >= 11 is 0. The maximum absolute atomic E-state index is 14.1. The number of benzene rings is 3. The molecule has 5 rings (SSSR count). The number of fused-ring (bicyclic) bond motifs is 5. The van der Waals surface area contributed by atoms with E-state index in [9.17, 15) is 14.4 Å². The molecule has 1 aromatic heterocycles. The summed E-state index contributed by atoms with van der Waals surface area (Å²) in [5.74, 6) is -0.338. The van der Waals surface area contributed by atoms with E-state index in [1.165, 1.54) is 14.0 Å². The molecule has 1 aliphatic heterocycles. The predicted molar refractivity (Wildman–Crippen MR) is 148 cm³/mol. The van der Waals surface area contributed by atoms with Gasteiger partial charge in [0.05, 0.1) is 35.6 Å². The molecule has 0 saturated heterocycles. The molecule has 0 unspecified atom stereocenters. The smallest absolute Gasteiger partial charge is 0.320 e. The van der Waals surface area contributed by atoms with Crippen molar-refractivity contribution in [3.05, 3.63) is 58.3 Å². The fourth-order valence-electron chi connectivity index (χ4n) is 5.47. The SMILES string of the molecule is COc1cc2c(c3c1c(=O)c1cc4ccccc4cc1n3C)[C@@H](OC(C)=O)[C@@H](OC(=O)CN(C)C)C(C)(C)O2. The molecule has 39 heavy (non-hydrogen) atoms. The lowest BCUT2D eigenvalue weighted by atomic mass is 9.86. The first-order valence-corrected chi connectivity index (χ1v) is 12.7. The Labute approximate surface area is 225 Å². The number of hydrogen-bond acceptors (Lipinski definition) is 8. The number of aryl methyl sites for hydroxylation is 1. The van der Waals surface area contributed by atoms with Gasteiger partial charge in [-0.25, -0.2) is 0 Å². The highest BCUT2D eigenvalue weighted by molar-refractivity contribution is 6.04. The molecule has 9 heteroatoms. The van der Waals surface area contributed by atoms with Crippen LogP contribution in [-0.4, -0.2) is 60.9 Å². The van der Waals surface area contributed by atoms with Gasteiger partial charge in [0.1, 0.15) is 17.1 Å². The van der Waals surface area contributed by atoms with Gasteiger partial charge in [0.25, 0.3) is 0 Å². The predicted octanol–water partition coefficient (Wildman–Crippen LogP) is 4.10. The van der Waals surface area contributed by atoms with Crippen molar-refractivity contribution in [2.24, 2.45) is 7.05 Å². The molecule has 0 amide bonds. The Morgan fingerprint density at radius 2 is 1.74 bits per heavy atom. The molecule has 0 radical (unpaired) electrons. The number of rotatable bonds is 5. The number of esters is 2. The van der Waals surface area contributed by atoms with Crippen LogP contribution in [0.3, 0.4) is 0 Å². The second-order valence-corrected chi connectivity index (χ2v) is 10.7. The normalized spacial score (nSPS) is 18.2. The molecule has 2 atom stereocenters. The van der Waals surface area contributed by atoms with Gasteiger partial charge in [-0.2, -0.15) is 0 Å². The summed E-state index contributed by atoms with van der Waals surface area (Å²) in [5.41, 5.74) is 0.315. The first-order chi connectivity index (χ1) is 18.4. The Kier molecular flexibility index (Phi) is 6.50. The van der Waals surface area contributed by atoms with Crippen molar-refractivity contribution in [1.29, 1.82) is 0 Å². The fourth-order valence-corrected chi connectivity index (χ4v) is 5.47. The summed E-state index contributed by atoms with van der Waals surface area (Å²) < 4.78 is 25.8. The number of nitrogens with zero attached hydrogens (tertiary/aromatic N) is 2. The lowest BCUT2D eigenvalue weighted by Crippen LogP contribution is -2.52. The third-order valence-electron chi connectivity index (χ3n) is 7.13. The number of likely N-dealkylation sites (N-methyl/N-ethyl adjacent to an activating group) is 1. The molecule has 0 fully saturated rings. The van der Waals surface area contributed by atoms with Crippen molar-refractivity contribution in [1.82, 2.24) is 9.47 Å². The Hall–Kier alpha value is -4.11. The number of aromatic nitrogens is 1. The topological polar surface area (TPSA) is 96.3 Å². The van der Waals surface area contributed by atoms with Crippen LogP contribution in [0.25, 0.3) is 32.6 Å². The summed E-state index contributed by atoms with van der Waals surface area (Å²) in [4.78, 5) is 41.0. The summed E-state index contributed by atoms with van der Waals surface area (Å²) in [7, 11) is 6.85. The van der Waals surface area contributed by atoms with Crippen LogP contribution in [0.15, 0.2) is 47.3 Å². The minimum atomic E-state index is -1.07. The number of carbonyl (C=O) groups is 2. The molecule has 9 nitrogen and oxygen atoms in total. The number of hydrogen-bond donors (Lipinski definition) is 0. The molecular formula is C30H32N2O7. The summed E-state index contributed by atoms with van der Waals surface area (Å²) in [6.07, 6.45) is -2.02. The van der Waals surface area contributed by atoms with E-state index in [-0.39, 0.29) is 12.0 Å². The van der Waals surface area contributed by atoms with E-state index in [1.807, 2.05) is 48.0 Å². The highest BCUT2D eigenvalue weighted by Gasteiger charge is 2.50. The van der Waals surface area contributed by atoms with Crippen LogP contribution in [-0.2, 0) is 26.1 Å². The lowest BCUT2D eigenvalue weighted by Gasteiger charge is -2.43. The van der Waals surface area contributed by atoms with Crippen LogP contribution in [0.4, 0.5) is 0 Å². The summed E-state index contributed by atoms with van der Waals surface area (Å²) in [6, 6.07) is 13.3. The third kappa shape index (κ3) is 4.46. The third-order valence-corrected chi connectivity index (χ3v) is 7.13. The Morgan fingerprint density at radius 1 is 1.08 bits per heavy atom. The van der Waals surface area contributed by atoms with Crippen LogP contribution < -0.4 is 14.9 Å². The van der Waals surface area contributed by atoms with Gasteiger partial charge in [0.15, 0.2) is 12.2 Å². The first-order valence-electron chi connectivity index (χ1n) is 12.7. The minimum Gasteiger partial charge on any atom is -0.496 e. The maximum atomic E-state index is 14.1. The van der Waals surface area contributed by atoms with Gasteiger partial charge >= 0.3 is 11.9 Å². The molecule has 0 aliphatic carbocycles. The van der Waals surface area contributed by atoms with E-state index >= 15 is 0 Å². The molecular weight excluding hydrogens is 500 g/mol. The maximum Gasteiger partial charge on any atom is 0.320 e. The lowest BCUT2D eigenvalue weighted by molar-refractivity contribution is -0.189. The summed E-state index contributed by atoms with van der Waals surface area (Å²) in [5, 5.41) is 2.76. The number of pyridine rings is 1. The highest BCUT2D eigenvalue weighted by Crippen LogP contribution is 2.49. The number of methoxy groups -OCH3 is 1. The molecule has 0 spiro atoms.